The highest BCUT2D eigenvalue weighted by molar-refractivity contribution is 5.32. The van der Waals surface area contributed by atoms with Gasteiger partial charge in [0, 0.05) is 6.61 Å². The van der Waals surface area contributed by atoms with E-state index in [1.807, 2.05) is 19.1 Å². The predicted octanol–water partition coefficient (Wildman–Crippen LogP) is 2.56. The number of aromatic nitrogens is 2. The summed E-state index contributed by atoms with van der Waals surface area (Å²) in [6, 6.07) is 9.47. The first-order valence-electron chi connectivity index (χ1n) is 6.66. The minimum Gasteiger partial charge on any atom is -0.367 e. The van der Waals surface area contributed by atoms with Crippen LogP contribution >= 0.6 is 0 Å². The molecule has 102 valence electrons. The van der Waals surface area contributed by atoms with Crippen molar-refractivity contribution in [1.29, 1.82) is 5.26 Å². The smallest absolute Gasteiger partial charge is 0.231 e. The fourth-order valence-electron chi connectivity index (χ4n) is 2.37. The lowest BCUT2D eigenvalue weighted by Gasteiger charge is -2.17. The van der Waals surface area contributed by atoms with Crippen molar-refractivity contribution in [2.75, 3.05) is 6.61 Å². The van der Waals surface area contributed by atoms with Crippen LogP contribution in [0.1, 0.15) is 42.6 Å². The summed E-state index contributed by atoms with van der Waals surface area (Å²) in [5, 5.41) is 12.8. The van der Waals surface area contributed by atoms with Gasteiger partial charge in [-0.25, -0.2) is 0 Å². The highest BCUT2D eigenvalue weighted by Gasteiger charge is 2.36. The number of ether oxygens (including phenoxy) is 1. The zero-order chi connectivity index (χ0) is 14.0. The first-order chi connectivity index (χ1) is 9.69. The van der Waals surface area contributed by atoms with Crippen LogP contribution in [-0.4, -0.2) is 16.7 Å². The first-order valence-corrected chi connectivity index (χ1v) is 6.66. The molecule has 1 aromatic carbocycles. The Hall–Kier alpha value is -2.19. The molecule has 2 heterocycles. The number of benzene rings is 1. The Bertz CT molecular complexity index is 634. The number of hydrogen-bond acceptors (Lipinski definition) is 5. The summed E-state index contributed by atoms with van der Waals surface area (Å²) < 4.78 is 11.0. The molecule has 1 atom stereocenters. The van der Waals surface area contributed by atoms with Crippen LogP contribution in [0.4, 0.5) is 0 Å². The van der Waals surface area contributed by atoms with Crippen molar-refractivity contribution in [3.8, 4) is 6.07 Å². The molecule has 0 N–H and O–H groups in total. The molecule has 1 saturated heterocycles. The Kier molecular flexibility index (Phi) is 3.25. The van der Waals surface area contributed by atoms with E-state index in [9.17, 15) is 0 Å². The molecule has 5 nitrogen and oxygen atoms in total. The molecule has 0 spiro atoms. The van der Waals surface area contributed by atoms with Gasteiger partial charge in [-0.2, -0.15) is 10.2 Å². The lowest BCUT2D eigenvalue weighted by molar-refractivity contribution is 0.00768. The largest absolute Gasteiger partial charge is 0.367 e. The van der Waals surface area contributed by atoms with Crippen LogP contribution in [0, 0.1) is 11.3 Å². The molecular formula is C15H15N3O2. The van der Waals surface area contributed by atoms with Gasteiger partial charge in [0.25, 0.3) is 0 Å². The number of nitrogens with zero attached hydrogens (tertiary/aromatic N) is 3. The summed E-state index contributed by atoms with van der Waals surface area (Å²) in [4.78, 5) is 4.43. The molecular weight excluding hydrogens is 254 g/mol. The molecule has 0 bridgehead atoms. The molecule has 1 unspecified atom stereocenters. The minimum absolute atomic E-state index is 0.410. The molecule has 1 aliphatic rings. The van der Waals surface area contributed by atoms with E-state index < -0.39 is 5.60 Å². The van der Waals surface area contributed by atoms with Crippen LogP contribution in [0.2, 0.25) is 0 Å². The van der Waals surface area contributed by atoms with Crippen molar-refractivity contribution in [1.82, 2.24) is 10.1 Å². The molecule has 3 rings (SSSR count). The number of nitriles is 1. The Balaban J connectivity index is 1.75. The summed E-state index contributed by atoms with van der Waals surface area (Å²) in [6.45, 7) is 2.74. The lowest BCUT2D eigenvalue weighted by atomic mass is 10.0. The van der Waals surface area contributed by atoms with E-state index in [2.05, 4.69) is 16.2 Å². The summed E-state index contributed by atoms with van der Waals surface area (Å²) in [5.41, 5.74) is 1.27. The normalized spacial score (nSPS) is 21.8. The van der Waals surface area contributed by atoms with Crippen LogP contribution < -0.4 is 0 Å². The average molecular weight is 269 g/mol. The van der Waals surface area contributed by atoms with Crippen LogP contribution in [0.25, 0.3) is 0 Å². The van der Waals surface area contributed by atoms with Gasteiger partial charge in [0.1, 0.15) is 5.60 Å². The van der Waals surface area contributed by atoms with Crippen LogP contribution in [-0.2, 0) is 16.8 Å². The molecule has 1 fully saturated rings. The molecule has 0 amide bonds. The van der Waals surface area contributed by atoms with Gasteiger partial charge >= 0.3 is 0 Å². The van der Waals surface area contributed by atoms with Crippen molar-refractivity contribution in [3.05, 3.63) is 47.1 Å². The van der Waals surface area contributed by atoms with Crippen molar-refractivity contribution < 1.29 is 9.26 Å². The van der Waals surface area contributed by atoms with Crippen LogP contribution in [0.15, 0.2) is 28.8 Å². The van der Waals surface area contributed by atoms with E-state index >= 15 is 0 Å². The van der Waals surface area contributed by atoms with E-state index in [0.717, 1.165) is 25.0 Å². The van der Waals surface area contributed by atoms with Gasteiger partial charge in [0.15, 0.2) is 0 Å². The quantitative estimate of drug-likeness (QED) is 0.856. The van der Waals surface area contributed by atoms with Gasteiger partial charge in [0.05, 0.1) is 18.1 Å². The van der Waals surface area contributed by atoms with Gasteiger partial charge in [-0.15, -0.1) is 0 Å². The van der Waals surface area contributed by atoms with Gasteiger partial charge in [-0.1, -0.05) is 17.3 Å². The Labute approximate surface area is 117 Å². The molecule has 1 aliphatic heterocycles. The van der Waals surface area contributed by atoms with Crippen molar-refractivity contribution >= 4 is 0 Å². The maximum Gasteiger partial charge on any atom is 0.231 e. The fraction of sp³-hybridized carbons (Fsp3) is 0.400. The average Bonchev–Trinajstić information content (AvgIpc) is 3.10. The molecule has 0 aliphatic carbocycles. The maximum absolute atomic E-state index is 8.77. The molecule has 2 aromatic rings. The SMILES string of the molecule is CC1(c2noc(Cc3ccc(C#N)cc3)n2)CCCO1. The van der Waals surface area contributed by atoms with E-state index in [0.29, 0.717) is 23.7 Å². The van der Waals surface area contributed by atoms with Crippen LogP contribution in [0.3, 0.4) is 0 Å². The third-order valence-electron chi connectivity index (χ3n) is 3.60. The maximum atomic E-state index is 8.77. The van der Waals surface area contributed by atoms with E-state index in [1.165, 1.54) is 0 Å². The second-order valence-electron chi connectivity index (χ2n) is 5.18. The predicted molar refractivity (Wildman–Crippen MR) is 70.8 cm³/mol. The van der Waals surface area contributed by atoms with Crippen molar-refractivity contribution in [2.24, 2.45) is 0 Å². The Morgan fingerprint density at radius 3 is 2.80 bits per heavy atom. The second-order valence-corrected chi connectivity index (χ2v) is 5.18. The van der Waals surface area contributed by atoms with Crippen molar-refractivity contribution in [3.63, 3.8) is 0 Å². The molecule has 20 heavy (non-hydrogen) atoms. The lowest BCUT2D eigenvalue weighted by Crippen LogP contribution is -2.21. The third-order valence-corrected chi connectivity index (χ3v) is 3.60. The van der Waals surface area contributed by atoms with E-state index in [1.54, 1.807) is 12.1 Å². The molecule has 0 radical (unpaired) electrons. The Morgan fingerprint density at radius 2 is 2.15 bits per heavy atom. The molecule has 0 saturated carbocycles. The summed E-state index contributed by atoms with van der Waals surface area (Å²) in [6.07, 6.45) is 2.51. The highest BCUT2D eigenvalue weighted by atomic mass is 16.5. The zero-order valence-electron chi connectivity index (χ0n) is 11.3. The topological polar surface area (TPSA) is 71.9 Å². The van der Waals surface area contributed by atoms with Gasteiger partial charge in [0.2, 0.25) is 11.7 Å². The number of hydrogen-bond donors (Lipinski definition) is 0. The van der Waals surface area contributed by atoms with E-state index in [4.69, 9.17) is 14.5 Å². The highest BCUT2D eigenvalue weighted by Crippen LogP contribution is 2.33. The van der Waals surface area contributed by atoms with Crippen LogP contribution in [0.5, 0.6) is 0 Å². The minimum atomic E-state index is -0.410. The van der Waals surface area contributed by atoms with Crippen molar-refractivity contribution in [2.45, 2.75) is 31.8 Å². The molecule has 1 aromatic heterocycles. The summed E-state index contributed by atoms with van der Waals surface area (Å²) in [5.74, 6) is 1.19. The van der Waals surface area contributed by atoms with Gasteiger partial charge in [-0.3, -0.25) is 0 Å². The molecule has 5 heteroatoms. The first kappa shape index (κ1) is 12.8. The third kappa shape index (κ3) is 2.43. The number of rotatable bonds is 3. The monoisotopic (exact) mass is 269 g/mol. The zero-order valence-corrected chi connectivity index (χ0v) is 11.3. The standard InChI is InChI=1S/C15H15N3O2/c1-15(7-2-8-19-15)14-17-13(20-18-14)9-11-3-5-12(10-16)6-4-11/h3-6H,2,7-9H2,1H3. The van der Waals surface area contributed by atoms with E-state index in [-0.39, 0.29) is 0 Å². The Morgan fingerprint density at radius 1 is 1.35 bits per heavy atom. The van der Waals surface area contributed by atoms with Gasteiger partial charge in [-0.05, 0) is 37.5 Å². The summed E-state index contributed by atoms with van der Waals surface area (Å²) in [7, 11) is 0. The summed E-state index contributed by atoms with van der Waals surface area (Å²) >= 11 is 0. The van der Waals surface area contributed by atoms with Gasteiger partial charge < -0.3 is 9.26 Å². The second kappa shape index (κ2) is 5.06. The fourth-order valence-corrected chi connectivity index (χ4v) is 2.37.